The number of hydrogen-bond acceptors (Lipinski definition) is 2. The Morgan fingerprint density at radius 1 is 1.18 bits per heavy atom. The molecular formula is C14H22ClNO. The van der Waals surface area contributed by atoms with Gasteiger partial charge in [0.05, 0.1) is 6.10 Å². The van der Waals surface area contributed by atoms with E-state index in [4.69, 9.17) is 10.5 Å². The largest absolute Gasteiger partial charge is 0.491 e. The van der Waals surface area contributed by atoms with E-state index in [0.29, 0.717) is 5.92 Å². The fraction of sp³-hybridized carbons (Fsp3) is 0.571. The molecule has 0 radical (unpaired) electrons. The van der Waals surface area contributed by atoms with Gasteiger partial charge in [0, 0.05) is 6.04 Å². The predicted octanol–water partition coefficient (Wildman–Crippen LogP) is 3.70. The van der Waals surface area contributed by atoms with Crippen molar-refractivity contribution in [2.24, 2.45) is 11.7 Å². The number of halogens is 1. The van der Waals surface area contributed by atoms with E-state index in [9.17, 15) is 0 Å². The lowest BCUT2D eigenvalue weighted by Crippen LogP contribution is -2.26. The maximum absolute atomic E-state index is 6.21. The Hall–Kier alpha value is -0.730. The Bertz CT molecular complexity index is 333. The van der Waals surface area contributed by atoms with Gasteiger partial charge in [0.1, 0.15) is 5.75 Å². The topological polar surface area (TPSA) is 35.2 Å². The van der Waals surface area contributed by atoms with Crippen molar-refractivity contribution in [1.82, 2.24) is 0 Å². The van der Waals surface area contributed by atoms with E-state index in [1.54, 1.807) is 0 Å². The highest BCUT2D eigenvalue weighted by Crippen LogP contribution is 2.36. The van der Waals surface area contributed by atoms with Crippen LogP contribution in [0.25, 0.3) is 0 Å². The summed E-state index contributed by atoms with van der Waals surface area (Å²) in [5, 5.41) is 0. The first-order chi connectivity index (χ1) is 7.66. The summed E-state index contributed by atoms with van der Waals surface area (Å²) < 4.78 is 5.61. The van der Waals surface area contributed by atoms with E-state index < -0.39 is 0 Å². The van der Waals surface area contributed by atoms with Crippen LogP contribution in [0, 0.1) is 5.92 Å². The molecule has 1 fully saturated rings. The Morgan fingerprint density at radius 2 is 1.76 bits per heavy atom. The number of rotatable bonds is 4. The van der Waals surface area contributed by atoms with Crippen molar-refractivity contribution in [3.05, 3.63) is 29.8 Å². The van der Waals surface area contributed by atoms with Gasteiger partial charge < -0.3 is 10.5 Å². The first kappa shape index (κ1) is 14.3. The summed E-state index contributed by atoms with van der Waals surface area (Å²) >= 11 is 0. The standard InChI is InChI=1S/C14H21NO.ClH/c1-10(2)16-13-8-6-12(7-9-13)14(15)11-4-3-5-11;/h6-11,14H,3-5,15H2,1-2H3;1H/t14-;/m0./s1. The Labute approximate surface area is 110 Å². The molecule has 0 bridgehead atoms. The summed E-state index contributed by atoms with van der Waals surface area (Å²) in [6.07, 6.45) is 4.13. The molecule has 17 heavy (non-hydrogen) atoms. The smallest absolute Gasteiger partial charge is 0.119 e. The third kappa shape index (κ3) is 3.62. The minimum Gasteiger partial charge on any atom is -0.491 e. The van der Waals surface area contributed by atoms with Crippen molar-refractivity contribution < 1.29 is 4.74 Å². The lowest BCUT2D eigenvalue weighted by Gasteiger charge is -2.31. The van der Waals surface area contributed by atoms with Gasteiger partial charge in [-0.3, -0.25) is 0 Å². The van der Waals surface area contributed by atoms with Crippen LogP contribution in [0.3, 0.4) is 0 Å². The summed E-state index contributed by atoms with van der Waals surface area (Å²) in [6, 6.07) is 8.45. The van der Waals surface area contributed by atoms with E-state index >= 15 is 0 Å². The minimum absolute atomic E-state index is 0. The van der Waals surface area contributed by atoms with Crippen LogP contribution in [-0.4, -0.2) is 6.10 Å². The molecule has 0 spiro atoms. The van der Waals surface area contributed by atoms with E-state index in [1.165, 1.54) is 24.8 Å². The zero-order valence-electron chi connectivity index (χ0n) is 10.6. The second kappa shape index (κ2) is 6.27. The normalized spacial score (nSPS) is 17.2. The van der Waals surface area contributed by atoms with E-state index in [0.717, 1.165) is 5.75 Å². The van der Waals surface area contributed by atoms with E-state index in [2.05, 4.69) is 12.1 Å². The second-order valence-corrected chi connectivity index (χ2v) is 4.95. The molecule has 1 atom stereocenters. The molecule has 2 nitrogen and oxygen atoms in total. The molecule has 2 N–H and O–H groups in total. The Balaban J connectivity index is 0.00000144. The number of ether oxygens (including phenoxy) is 1. The van der Waals surface area contributed by atoms with E-state index in [1.807, 2.05) is 26.0 Å². The van der Waals surface area contributed by atoms with Gasteiger partial charge in [-0.2, -0.15) is 0 Å². The average Bonchev–Trinajstić information content (AvgIpc) is 2.15. The van der Waals surface area contributed by atoms with Crippen LogP contribution in [0.5, 0.6) is 5.75 Å². The fourth-order valence-electron chi connectivity index (χ4n) is 2.11. The molecule has 0 aromatic heterocycles. The summed E-state index contributed by atoms with van der Waals surface area (Å²) in [5.41, 5.74) is 7.45. The lowest BCUT2D eigenvalue weighted by molar-refractivity contribution is 0.241. The monoisotopic (exact) mass is 255 g/mol. The van der Waals surface area contributed by atoms with Gasteiger partial charge in [-0.1, -0.05) is 18.6 Å². The summed E-state index contributed by atoms with van der Waals surface area (Å²) in [6.45, 7) is 4.07. The molecule has 1 aliphatic carbocycles. The number of nitrogens with two attached hydrogens (primary N) is 1. The highest BCUT2D eigenvalue weighted by atomic mass is 35.5. The van der Waals surface area contributed by atoms with Crippen molar-refractivity contribution >= 4 is 12.4 Å². The molecule has 0 heterocycles. The first-order valence-corrected chi connectivity index (χ1v) is 6.19. The van der Waals surface area contributed by atoms with Gasteiger partial charge in [0.25, 0.3) is 0 Å². The molecule has 0 amide bonds. The van der Waals surface area contributed by atoms with Crippen LogP contribution in [0.15, 0.2) is 24.3 Å². The molecule has 2 rings (SSSR count). The molecule has 0 saturated heterocycles. The molecule has 1 aliphatic rings. The van der Waals surface area contributed by atoms with Gasteiger partial charge >= 0.3 is 0 Å². The maximum atomic E-state index is 6.21. The van der Waals surface area contributed by atoms with Crippen molar-refractivity contribution in [1.29, 1.82) is 0 Å². The van der Waals surface area contributed by atoms with Crippen LogP contribution in [0.4, 0.5) is 0 Å². The maximum Gasteiger partial charge on any atom is 0.119 e. The SMILES string of the molecule is CC(C)Oc1ccc([C@@H](N)C2CCC2)cc1.Cl. The highest BCUT2D eigenvalue weighted by Gasteiger charge is 2.25. The zero-order chi connectivity index (χ0) is 11.5. The summed E-state index contributed by atoms with van der Waals surface area (Å²) in [4.78, 5) is 0. The predicted molar refractivity (Wildman–Crippen MR) is 73.7 cm³/mol. The average molecular weight is 256 g/mol. The van der Waals surface area contributed by atoms with Crippen molar-refractivity contribution in [3.63, 3.8) is 0 Å². The van der Waals surface area contributed by atoms with E-state index in [-0.39, 0.29) is 24.6 Å². The van der Waals surface area contributed by atoms with Gasteiger partial charge in [0.15, 0.2) is 0 Å². The van der Waals surface area contributed by atoms with Crippen molar-refractivity contribution in [2.75, 3.05) is 0 Å². The van der Waals surface area contributed by atoms with Crippen molar-refractivity contribution in [2.45, 2.75) is 45.3 Å². The molecule has 1 aromatic rings. The van der Waals surface area contributed by atoms with Crippen molar-refractivity contribution in [3.8, 4) is 5.75 Å². The van der Waals surface area contributed by atoms with Crippen LogP contribution < -0.4 is 10.5 Å². The Morgan fingerprint density at radius 3 is 2.18 bits per heavy atom. The minimum atomic E-state index is 0. The second-order valence-electron chi connectivity index (χ2n) is 4.95. The molecular weight excluding hydrogens is 234 g/mol. The highest BCUT2D eigenvalue weighted by molar-refractivity contribution is 5.85. The molecule has 3 heteroatoms. The lowest BCUT2D eigenvalue weighted by atomic mass is 9.78. The van der Waals surface area contributed by atoms with Gasteiger partial charge in [-0.15, -0.1) is 12.4 Å². The quantitative estimate of drug-likeness (QED) is 0.891. The van der Waals surface area contributed by atoms with Crippen LogP contribution in [0.1, 0.15) is 44.7 Å². The van der Waals surface area contributed by atoms with Gasteiger partial charge in [0.2, 0.25) is 0 Å². The van der Waals surface area contributed by atoms with Crippen LogP contribution in [-0.2, 0) is 0 Å². The van der Waals surface area contributed by atoms with Gasteiger partial charge in [-0.25, -0.2) is 0 Å². The fourth-order valence-corrected chi connectivity index (χ4v) is 2.11. The Kier molecular flexibility index (Phi) is 5.29. The van der Waals surface area contributed by atoms with Crippen LogP contribution in [0.2, 0.25) is 0 Å². The third-order valence-corrected chi connectivity index (χ3v) is 3.29. The molecule has 96 valence electrons. The summed E-state index contributed by atoms with van der Waals surface area (Å²) in [7, 11) is 0. The molecule has 0 aliphatic heterocycles. The van der Waals surface area contributed by atoms with Crippen LogP contribution >= 0.6 is 12.4 Å². The molecule has 1 aromatic carbocycles. The first-order valence-electron chi connectivity index (χ1n) is 6.19. The number of benzene rings is 1. The third-order valence-electron chi connectivity index (χ3n) is 3.29. The molecule has 0 unspecified atom stereocenters. The number of hydrogen-bond donors (Lipinski definition) is 1. The summed E-state index contributed by atoms with van der Waals surface area (Å²) in [5.74, 6) is 1.62. The molecule has 1 saturated carbocycles. The van der Waals surface area contributed by atoms with Gasteiger partial charge in [-0.05, 0) is 50.3 Å². The zero-order valence-corrected chi connectivity index (χ0v) is 11.4.